The number of nitrogen functional groups attached to an aromatic ring is 1. The third-order valence-electron chi connectivity index (χ3n) is 4.25. The van der Waals surface area contributed by atoms with E-state index < -0.39 is 11.6 Å². The van der Waals surface area contributed by atoms with Crippen molar-refractivity contribution in [3.63, 3.8) is 0 Å². The molecular weight excluding hydrogens is 308 g/mol. The molecule has 1 amide bonds. The number of rotatable bonds is 4. The smallest absolute Gasteiger partial charge is 0.408 e. The molecule has 24 heavy (non-hydrogen) atoms. The summed E-state index contributed by atoms with van der Waals surface area (Å²) in [6, 6.07) is 1.70. The molecule has 0 saturated carbocycles. The van der Waals surface area contributed by atoms with Crippen LogP contribution in [0.25, 0.3) is 0 Å². The number of hydrogen-bond acceptors (Lipinski definition) is 5. The zero-order chi connectivity index (χ0) is 17.9. The lowest BCUT2D eigenvalue weighted by Crippen LogP contribution is -2.59. The van der Waals surface area contributed by atoms with E-state index in [1.165, 1.54) is 4.90 Å². The van der Waals surface area contributed by atoms with Crippen LogP contribution < -0.4 is 10.6 Å². The van der Waals surface area contributed by atoms with Gasteiger partial charge in [0, 0.05) is 31.4 Å². The Morgan fingerprint density at radius 2 is 2.21 bits per heavy atom. The lowest BCUT2D eigenvalue weighted by molar-refractivity contribution is 0.00500. The minimum Gasteiger partial charge on any atom is -0.465 e. The maximum atomic E-state index is 11.9. The Hall–Kier alpha value is -2.02. The number of carbonyl (C=O) groups is 1. The Balaban J connectivity index is 2.31. The molecule has 7 heteroatoms. The fourth-order valence-electron chi connectivity index (χ4n) is 3.45. The number of carboxylic acid groups (broad SMARTS) is 1. The first kappa shape index (κ1) is 18.3. The van der Waals surface area contributed by atoms with Gasteiger partial charge < -0.3 is 20.5 Å². The molecule has 0 radical (unpaired) electrons. The zero-order valence-electron chi connectivity index (χ0n) is 14.9. The van der Waals surface area contributed by atoms with E-state index in [1.807, 2.05) is 33.8 Å². The Morgan fingerprint density at radius 3 is 2.75 bits per heavy atom. The van der Waals surface area contributed by atoms with Crippen molar-refractivity contribution in [1.29, 1.82) is 0 Å². The Morgan fingerprint density at radius 1 is 1.50 bits per heavy atom. The number of anilines is 2. The van der Waals surface area contributed by atoms with Gasteiger partial charge >= 0.3 is 6.09 Å². The monoisotopic (exact) mass is 336 g/mol. The summed E-state index contributed by atoms with van der Waals surface area (Å²) in [5.74, 6) is 0. The number of hydrogen-bond donors (Lipinski definition) is 2. The van der Waals surface area contributed by atoms with Crippen LogP contribution in [0.15, 0.2) is 18.5 Å². The van der Waals surface area contributed by atoms with Crippen LogP contribution in [-0.2, 0) is 4.74 Å². The van der Waals surface area contributed by atoms with Gasteiger partial charge in [0.25, 0.3) is 0 Å². The van der Waals surface area contributed by atoms with Crippen LogP contribution in [-0.4, -0.2) is 58.5 Å². The first-order valence-electron chi connectivity index (χ1n) is 8.32. The fraction of sp³-hybridized carbons (Fsp3) is 0.647. The van der Waals surface area contributed by atoms with Gasteiger partial charge in [-0.3, -0.25) is 9.88 Å². The molecule has 0 spiro atoms. The second-order valence-electron chi connectivity index (χ2n) is 7.13. The second kappa shape index (κ2) is 7.25. The first-order chi connectivity index (χ1) is 11.2. The van der Waals surface area contributed by atoms with Gasteiger partial charge in [-0.1, -0.05) is 0 Å². The second-order valence-corrected chi connectivity index (χ2v) is 7.13. The molecule has 1 aromatic heterocycles. The first-order valence-corrected chi connectivity index (χ1v) is 8.32. The summed E-state index contributed by atoms with van der Waals surface area (Å²) in [6.45, 7) is 9.56. The topological polar surface area (TPSA) is 91.9 Å². The van der Waals surface area contributed by atoms with Gasteiger partial charge in [-0.25, -0.2) is 4.79 Å². The van der Waals surface area contributed by atoms with Crippen molar-refractivity contribution < 1.29 is 14.6 Å². The minimum absolute atomic E-state index is 0.0366. The molecule has 0 unspecified atom stereocenters. The SMILES string of the molecule is CCO[C@@H]1C[C@H](N(C(=O)O)C(C)(C)C)CN(c2ccncc2N)C1. The normalized spacial score (nSPS) is 21.6. The highest BCUT2D eigenvalue weighted by Gasteiger charge is 2.39. The Labute approximate surface area is 143 Å². The van der Waals surface area contributed by atoms with Gasteiger partial charge in [-0.05, 0) is 40.2 Å². The van der Waals surface area contributed by atoms with Crippen LogP contribution >= 0.6 is 0 Å². The quantitative estimate of drug-likeness (QED) is 0.877. The standard InChI is InChI=1S/C17H28N4O3/c1-5-24-13-8-12(21(16(22)23)17(2,3)4)10-20(11-13)15-6-7-19-9-14(15)18/h6-7,9,12-13H,5,8,10-11,18H2,1-4H3,(H,22,23)/t12-,13+/m0/s1. The van der Waals surface area contributed by atoms with Crippen molar-refractivity contribution in [2.45, 2.75) is 51.8 Å². The molecule has 134 valence electrons. The zero-order valence-corrected chi connectivity index (χ0v) is 14.9. The van der Waals surface area contributed by atoms with E-state index in [2.05, 4.69) is 9.88 Å². The Bertz CT molecular complexity index is 573. The fourth-order valence-corrected chi connectivity index (χ4v) is 3.45. The molecule has 2 atom stereocenters. The summed E-state index contributed by atoms with van der Waals surface area (Å²) in [7, 11) is 0. The van der Waals surface area contributed by atoms with Crippen LogP contribution in [0.2, 0.25) is 0 Å². The van der Waals surface area contributed by atoms with Gasteiger partial charge in [-0.15, -0.1) is 0 Å². The highest BCUT2D eigenvalue weighted by molar-refractivity contribution is 5.68. The van der Waals surface area contributed by atoms with Crippen molar-refractivity contribution >= 4 is 17.5 Å². The van der Waals surface area contributed by atoms with Crippen LogP contribution in [0.4, 0.5) is 16.2 Å². The largest absolute Gasteiger partial charge is 0.465 e. The molecule has 1 saturated heterocycles. The molecule has 0 aliphatic carbocycles. The van der Waals surface area contributed by atoms with Crippen LogP contribution in [0.1, 0.15) is 34.1 Å². The maximum absolute atomic E-state index is 11.9. The van der Waals surface area contributed by atoms with Gasteiger partial charge in [0.05, 0.1) is 29.7 Å². The van der Waals surface area contributed by atoms with Crippen molar-refractivity contribution in [3.05, 3.63) is 18.5 Å². The number of aromatic nitrogens is 1. The van der Waals surface area contributed by atoms with E-state index in [0.29, 0.717) is 31.8 Å². The number of piperidine rings is 1. The molecule has 2 heterocycles. The molecule has 7 nitrogen and oxygen atoms in total. The van der Waals surface area contributed by atoms with Crippen LogP contribution in [0.3, 0.4) is 0 Å². The summed E-state index contributed by atoms with van der Waals surface area (Å²) >= 11 is 0. The molecule has 1 aliphatic heterocycles. The van der Waals surface area contributed by atoms with Crippen molar-refractivity contribution in [3.8, 4) is 0 Å². The summed E-state index contributed by atoms with van der Waals surface area (Å²) in [4.78, 5) is 19.5. The lowest BCUT2D eigenvalue weighted by Gasteiger charge is -2.47. The number of pyridine rings is 1. The van der Waals surface area contributed by atoms with Gasteiger partial charge in [0.1, 0.15) is 0 Å². The van der Waals surface area contributed by atoms with E-state index in [1.54, 1.807) is 12.4 Å². The summed E-state index contributed by atoms with van der Waals surface area (Å²) in [5, 5.41) is 9.72. The van der Waals surface area contributed by atoms with Crippen molar-refractivity contribution in [2.75, 3.05) is 30.3 Å². The lowest BCUT2D eigenvalue weighted by atomic mass is 9.95. The van der Waals surface area contributed by atoms with Gasteiger partial charge in [0.15, 0.2) is 0 Å². The number of ether oxygens (including phenoxy) is 1. The molecule has 3 N–H and O–H groups in total. The number of nitrogens with zero attached hydrogens (tertiary/aromatic N) is 3. The maximum Gasteiger partial charge on any atom is 0.408 e. The molecular formula is C17H28N4O3. The van der Waals surface area contributed by atoms with Crippen LogP contribution in [0, 0.1) is 0 Å². The minimum atomic E-state index is -0.910. The highest BCUT2D eigenvalue weighted by atomic mass is 16.5. The van der Waals surface area contributed by atoms with Gasteiger partial charge in [-0.2, -0.15) is 0 Å². The number of nitrogens with two attached hydrogens (primary N) is 1. The van der Waals surface area contributed by atoms with E-state index in [0.717, 1.165) is 5.69 Å². The predicted octanol–water partition coefficient (Wildman–Crippen LogP) is 2.43. The summed E-state index contributed by atoms with van der Waals surface area (Å²) in [5.41, 5.74) is 7.04. The molecule has 0 bridgehead atoms. The molecule has 0 aromatic carbocycles. The summed E-state index contributed by atoms with van der Waals surface area (Å²) in [6.07, 6.45) is 3.05. The average molecular weight is 336 g/mol. The van der Waals surface area contributed by atoms with E-state index >= 15 is 0 Å². The van der Waals surface area contributed by atoms with Crippen molar-refractivity contribution in [1.82, 2.24) is 9.88 Å². The van der Waals surface area contributed by atoms with E-state index in [4.69, 9.17) is 10.5 Å². The van der Waals surface area contributed by atoms with E-state index in [-0.39, 0.29) is 12.1 Å². The highest BCUT2D eigenvalue weighted by Crippen LogP contribution is 2.30. The number of amides is 1. The predicted molar refractivity (Wildman–Crippen MR) is 94.3 cm³/mol. The molecule has 1 aromatic rings. The summed E-state index contributed by atoms with van der Waals surface area (Å²) < 4.78 is 5.83. The average Bonchev–Trinajstić information content (AvgIpc) is 2.46. The van der Waals surface area contributed by atoms with E-state index in [9.17, 15) is 9.90 Å². The van der Waals surface area contributed by atoms with Gasteiger partial charge in [0.2, 0.25) is 0 Å². The van der Waals surface area contributed by atoms with Crippen LogP contribution in [0.5, 0.6) is 0 Å². The van der Waals surface area contributed by atoms with Crippen molar-refractivity contribution in [2.24, 2.45) is 0 Å². The Kier molecular flexibility index (Phi) is 5.54. The third-order valence-corrected chi connectivity index (χ3v) is 4.25. The molecule has 1 aliphatic rings. The third kappa shape index (κ3) is 4.08. The molecule has 2 rings (SSSR count). The molecule has 1 fully saturated rings.